The molecule has 2 rings (SSSR count). The van der Waals surface area contributed by atoms with Crippen molar-refractivity contribution in [2.75, 3.05) is 6.54 Å². The van der Waals surface area contributed by atoms with Gasteiger partial charge in [-0.15, -0.1) is 0 Å². The van der Waals surface area contributed by atoms with Crippen LogP contribution in [0.1, 0.15) is 24.3 Å². The van der Waals surface area contributed by atoms with Gasteiger partial charge >= 0.3 is 0 Å². The minimum Gasteiger partial charge on any atom is -0.453 e. The number of furan rings is 1. The SMILES string of the molecule is CCNC(Cc1ccncc1Cl)c1ccc(Br)o1. The number of pyridine rings is 1. The molecule has 0 amide bonds. The highest BCUT2D eigenvalue weighted by molar-refractivity contribution is 9.10. The molecular formula is C13H14BrClN2O. The summed E-state index contributed by atoms with van der Waals surface area (Å²) in [6, 6.07) is 5.91. The average molecular weight is 330 g/mol. The number of likely N-dealkylation sites (N-methyl/N-ethyl adjacent to an activating group) is 1. The fourth-order valence-corrected chi connectivity index (χ4v) is 2.34. The largest absolute Gasteiger partial charge is 0.453 e. The first-order valence-electron chi connectivity index (χ1n) is 5.77. The molecule has 1 unspecified atom stereocenters. The molecule has 0 aliphatic heterocycles. The van der Waals surface area contributed by atoms with Gasteiger partial charge in [-0.1, -0.05) is 18.5 Å². The molecular weight excluding hydrogens is 316 g/mol. The third-order valence-corrected chi connectivity index (χ3v) is 3.43. The van der Waals surface area contributed by atoms with Crippen LogP contribution in [0.5, 0.6) is 0 Å². The van der Waals surface area contributed by atoms with Crippen LogP contribution in [-0.2, 0) is 6.42 Å². The molecule has 3 nitrogen and oxygen atoms in total. The molecule has 0 saturated carbocycles. The van der Waals surface area contributed by atoms with Gasteiger partial charge in [0.25, 0.3) is 0 Å². The van der Waals surface area contributed by atoms with Crippen LogP contribution in [0, 0.1) is 0 Å². The number of hydrogen-bond donors (Lipinski definition) is 1. The molecule has 0 radical (unpaired) electrons. The number of rotatable bonds is 5. The predicted molar refractivity (Wildman–Crippen MR) is 75.8 cm³/mol. The van der Waals surface area contributed by atoms with Crippen LogP contribution in [0.15, 0.2) is 39.7 Å². The first-order valence-corrected chi connectivity index (χ1v) is 6.94. The minimum absolute atomic E-state index is 0.112. The second kappa shape index (κ2) is 6.36. The van der Waals surface area contributed by atoms with Crippen molar-refractivity contribution in [3.05, 3.63) is 51.6 Å². The van der Waals surface area contributed by atoms with Crippen LogP contribution in [0.4, 0.5) is 0 Å². The van der Waals surface area contributed by atoms with E-state index in [2.05, 4.69) is 33.2 Å². The Hall–Kier alpha value is -0.840. The van der Waals surface area contributed by atoms with Crippen molar-refractivity contribution in [3.63, 3.8) is 0 Å². The van der Waals surface area contributed by atoms with Crippen LogP contribution in [-0.4, -0.2) is 11.5 Å². The Morgan fingerprint density at radius 1 is 1.44 bits per heavy atom. The van der Waals surface area contributed by atoms with E-state index in [1.807, 2.05) is 18.2 Å². The molecule has 1 atom stereocenters. The maximum absolute atomic E-state index is 6.13. The Morgan fingerprint density at radius 2 is 2.28 bits per heavy atom. The number of nitrogens with one attached hydrogen (secondary N) is 1. The highest BCUT2D eigenvalue weighted by Crippen LogP contribution is 2.25. The van der Waals surface area contributed by atoms with Gasteiger partial charge in [0, 0.05) is 12.4 Å². The van der Waals surface area contributed by atoms with Crippen molar-refractivity contribution < 1.29 is 4.42 Å². The van der Waals surface area contributed by atoms with Crippen molar-refractivity contribution in [1.82, 2.24) is 10.3 Å². The van der Waals surface area contributed by atoms with Gasteiger partial charge in [-0.05, 0) is 52.7 Å². The molecule has 0 aliphatic rings. The van der Waals surface area contributed by atoms with Gasteiger partial charge in [-0.25, -0.2) is 0 Å². The molecule has 0 bridgehead atoms. The Bertz CT molecular complexity index is 515. The Kier molecular flexibility index (Phi) is 4.80. The van der Waals surface area contributed by atoms with E-state index < -0.39 is 0 Å². The normalized spacial score (nSPS) is 12.6. The standard InChI is InChI=1S/C13H14BrClN2O/c1-2-17-11(12-3-4-13(14)18-12)7-9-5-6-16-8-10(9)15/h3-6,8,11,17H,2,7H2,1H3. The maximum atomic E-state index is 6.13. The van der Waals surface area contributed by atoms with Gasteiger partial charge in [0.15, 0.2) is 4.67 Å². The topological polar surface area (TPSA) is 38.1 Å². The average Bonchev–Trinajstić information content (AvgIpc) is 2.78. The lowest BCUT2D eigenvalue weighted by atomic mass is 10.1. The van der Waals surface area contributed by atoms with Gasteiger partial charge in [0.1, 0.15) is 5.76 Å². The monoisotopic (exact) mass is 328 g/mol. The molecule has 0 spiro atoms. The highest BCUT2D eigenvalue weighted by Gasteiger charge is 2.16. The summed E-state index contributed by atoms with van der Waals surface area (Å²) in [6.07, 6.45) is 4.19. The number of aromatic nitrogens is 1. The Balaban J connectivity index is 2.19. The minimum atomic E-state index is 0.112. The summed E-state index contributed by atoms with van der Waals surface area (Å²) in [4.78, 5) is 3.99. The Morgan fingerprint density at radius 3 is 2.89 bits per heavy atom. The zero-order valence-electron chi connectivity index (χ0n) is 9.99. The summed E-state index contributed by atoms with van der Waals surface area (Å²) in [5.41, 5.74) is 1.06. The molecule has 2 aromatic heterocycles. The number of hydrogen-bond acceptors (Lipinski definition) is 3. The van der Waals surface area contributed by atoms with Crippen molar-refractivity contribution in [3.8, 4) is 0 Å². The van der Waals surface area contributed by atoms with Crippen LogP contribution < -0.4 is 5.32 Å². The van der Waals surface area contributed by atoms with Crippen molar-refractivity contribution in [2.24, 2.45) is 0 Å². The summed E-state index contributed by atoms with van der Waals surface area (Å²) in [7, 11) is 0. The lowest BCUT2D eigenvalue weighted by molar-refractivity contribution is 0.405. The van der Waals surface area contributed by atoms with Crippen LogP contribution in [0.3, 0.4) is 0 Å². The summed E-state index contributed by atoms with van der Waals surface area (Å²) in [5.74, 6) is 0.900. The van der Waals surface area contributed by atoms with Gasteiger partial charge in [0.05, 0.1) is 11.1 Å². The van der Waals surface area contributed by atoms with Crippen LogP contribution in [0.2, 0.25) is 5.02 Å². The van der Waals surface area contributed by atoms with E-state index >= 15 is 0 Å². The van der Waals surface area contributed by atoms with Gasteiger partial charge in [-0.2, -0.15) is 0 Å². The molecule has 0 aliphatic carbocycles. The third-order valence-electron chi connectivity index (χ3n) is 2.67. The van der Waals surface area contributed by atoms with Crippen LogP contribution >= 0.6 is 27.5 Å². The molecule has 2 aromatic rings. The number of halogens is 2. The van der Waals surface area contributed by atoms with Crippen molar-refractivity contribution in [2.45, 2.75) is 19.4 Å². The first-order chi connectivity index (χ1) is 8.70. The molecule has 5 heteroatoms. The predicted octanol–water partition coefficient (Wildman–Crippen LogP) is 3.98. The summed E-state index contributed by atoms with van der Waals surface area (Å²) in [6.45, 7) is 2.94. The zero-order valence-corrected chi connectivity index (χ0v) is 12.3. The highest BCUT2D eigenvalue weighted by atomic mass is 79.9. The molecule has 2 heterocycles. The van der Waals surface area contributed by atoms with Gasteiger partial charge < -0.3 is 9.73 Å². The van der Waals surface area contributed by atoms with E-state index in [-0.39, 0.29) is 6.04 Å². The lowest BCUT2D eigenvalue weighted by Crippen LogP contribution is -2.22. The molecule has 0 fully saturated rings. The Labute approximate surface area is 120 Å². The quantitative estimate of drug-likeness (QED) is 0.901. The zero-order chi connectivity index (χ0) is 13.0. The molecule has 96 valence electrons. The van der Waals surface area contributed by atoms with E-state index in [0.717, 1.165) is 29.0 Å². The summed E-state index contributed by atoms with van der Waals surface area (Å²) >= 11 is 9.45. The van der Waals surface area contributed by atoms with Crippen LogP contribution in [0.25, 0.3) is 0 Å². The molecule has 0 saturated heterocycles. The van der Waals surface area contributed by atoms with Gasteiger partial charge in [0.2, 0.25) is 0 Å². The van der Waals surface area contributed by atoms with Crippen molar-refractivity contribution >= 4 is 27.5 Å². The first kappa shape index (κ1) is 13.6. The van der Waals surface area contributed by atoms with E-state index in [1.165, 1.54) is 0 Å². The van der Waals surface area contributed by atoms with E-state index in [0.29, 0.717) is 5.02 Å². The second-order valence-corrected chi connectivity index (χ2v) is 5.11. The molecule has 1 N–H and O–H groups in total. The lowest BCUT2D eigenvalue weighted by Gasteiger charge is -2.16. The maximum Gasteiger partial charge on any atom is 0.169 e. The third kappa shape index (κ3) is 3.34. The van der Waals surface area contributed by atoms with Gasteiger partial charge in [-0.3, -0.25) is 4.98 Å². The fourth-order valence-electron chi connectivity index (χ4n) is 1.82. The van der Waals surface area contributed by atoms with E-state index in [4.69, 9.17) is 16.0 Å². The smallest absolute Gasteiger partial charge is 0.169 e. The summed E-state index contributed by atoms with van der Waals surface area (Å²) < 4.78 is 6.34. The molecule has 0 aromatic carbocycles. The van der Waals surface area contributed by atoms with E-state index in [9.17, 15) is 0 Å². The van der Waals surface area contributed by atoms with Crippen molar-refractivity contribution in [1.29, 1.82) is 0 Å². The summed E-state index contributed by atoms with van der Waals surface area (Å²) in [5, 5.41) is 4.08. The molecule has 18 heavy (non-hydrogen) atoms. The van der Waals surface area contributed by atoms with E-state index in [1.54, 1.807) is 12.4 Å². The fraction of sp³-hybridized carbons (Fsp3) is 0.308. The second-order valence-electron chi connectivity index (χ2n) is 3.92. The number of nitrogens with zero attached hydrogens (tertiary/aromatic N) is 1.